The maximum absolute atomic E-state index is 12.7. The Labute approximate surface area is 129 Å². The fourth-order valence-corrected chi connectivity index (χ4v) is 4.31. The molecule has 0 spiro atoms. The van der Waals surface area contributed by atoms with Crippen LogP contribution in [0.2, 0.25) is 0 Å². The molecule has 0 aliphatic heterocycles. The first-order valence-electron chi connectivity index (χ1n) is 8.21. The Morgan fingerprint density at radius 1 is 1.27 bits per heavy atom. The third kappa shape index (κ3) is 2.29. The molecule has 0 radical (unpaired) electrons. The van der Waals surface area contributed by atoms with Crippen molar-refractivity contribution in [3.8, 4) is 0 Å². The number of benzene rings is 1. The lowest BCUT2D eigenvalue weighted by atomic mass is 9.65. The maximum atomic E-state index is 12.7. The van der Waals surface area contributed by atoms with Crippen LogP contribution in [0.4, 0.5) is 5.69 Å². The van der Waals surface area contributed by atoms with Crippen molar-refractivity contribution in [2.45, 2.75) is 38.1 Å². The molecule has 1 amide bonds. The van der Waals surface area contributed by atoms with Crippen molar-refractivity contribution in [3.05, 3.63) is 24.4 Å². The molecule has 1 aromatic carbocycles. The summed E-state index contributed by atoms with van der Waals surface area (Å²) in [6, 6.07) is 6.15. The van der Waals surface area contributed by atoms with Crippen molar-refractivity contribution in [2.24, 2.45) is 23.5 Å². The number of amides is 1. The van der Waals surface area contributed by atoms with E-state index >= 15 is 0 Å². The van der Waals surface area contributed by atoms with Crippen LogP contribution in [0.5, 0.6) is 0 Å². The lowest BCUT2D eigenvalue weighted by molar-refractivity contribution is -0.122. The number of carbonyl (C=O) groups excluding carboxylic acids is 1. The predicted octanol–water partition coefficient (Wildman–Crippen LogP) is 2.66. The molecule has 4 rings (SSSR count). The fraction of sp³-hybridized carbons (Fsp3) is 0.529. The predicted molar refractivity (Wildman–Crippen MR) is 86.3 cm³/mol. The number of nitrogens with two attached hydrogens (primary N) is 1. The number of nitrogens with one attached hydrogen (secondary N) is 2. The van der Waals surface area contributed by atoms with E-state index in [1.807, 2.05) is 18.2 Å². The number of carbonyl (C=O) groups is 1. The van der Waals surface area contributed by atoms with Crippen LogP contribution in [0, 0.1) is 17.8 Å². The molecule has 2 unspecified atom stereocenters. The van der Waals surface area contributed by atoms with Crippen molar-refractivity contribution < 1.29 is 4.79 Å². The van der Waals surface area contributed by atoms with Gasteiger partial charge < -0.3 is 11.1 Å². The molecule has 5 heteroatoms. The number of H-pyrrole nitrogens is 1. The van der Waals surface area contributed by atoms with Crippen LogP contribution in [0.1, 0.15) is 32.1 Å². The summed E-state index contributed by atoms with van der Waals surface area (Å²) in [5.41, 5.74) is 8.03. The van der Waals surface area contributed by atoms with Gasteiger partial charge in [-0.2, -0.15) is 5.10 Å². The second kappa shape index (κ2) is 5.39. The summed E-state index contributed by atoms with van der Waals surface area (Å²) in [4.78, 5) is 12.7. The summed E-state index contributed by atoms with van der Waals surface area (Å²) in [5, 5.41) is 11.1. The van der Waals surface area contributed by atoms with Crippen LogP contribution >= 0.6 is 0 Å². The molecular weight excluding hydrogens is 276 g/mol. The zero-order chi connectivity index (χ0) is 15.1. The van der Waals surface area contributed by atoms with E-state index in [1.165, 1.54) is 19.3 Å². The van der Waals surface area contributed by atoms with Gasteiger partial charge in [-0.1, -0.05) is 18.6 Å². The Kier molecular flexibility index (Phi) is 3.37. The average Bonchev–Trinajstić information content (AvgIpc) is 2.96. The lowest BCUT2D eigenvalue weighted by Gasteiger charge is -2.43. The van der Waals surface area contributed by atoms with E-state index in [0.29, 0.717) is 17.9 Å². The Morgan fingerprint density at radius 3 is 2.82 bits per heavy atom. The molecule has 116 valence electrons. The minimum absolute atomic E-state index is 0.0910. The normalized spacial score (nSPS) is 31.1. The summed E-state index contributed by atoms with van der Waals surface area (Å²) >= 11 is 0. The van der Waals surface area contributed by atoms with E-state index in [-0.39, 0.29) is 11.8 Å². The van der Waals surface area contributed by atoms with Gasteiger partial charge in [0.1, 0.15) is 0 Å². The minimum atomic E-state index is 0.0910. The number of anilines is 1. The first-order valence-corrected chi connectivity index (χ1v) is 8.21. The molecule has 2 aliphatic rings. The SMILES string of the molecule is NC1C2CCCC1CC(C(=O)Nc1cccc3cn[nH]c13)C2. The molecule has 4 N–H and O–H groups in total. The highest BCUT2D eigenvalue weighted by atomic mass is 16.1. The average molecular weight is 298 g/mol. The zero-order valence-corrected chi connectivity index (χ0v) is 12.6. The minimum Gasteiger partial charge on any atom is -0.327 e. The number of fused-ring (bicyclic) bond motifs is 3. The lowest BCUT2D eigenvalue weighted by Crippen LogP contribution is -2.48. The maximum Gasteiger partial charge on any atom is 0.227 e. The van der Waals surface area contributed by atoms with E-state index in [4.69, 9.17) is 5.73 Å². The van der Waals surface area contributed by atoms with Crippen LogP contribution in [-0.4, -0.2) is 22.1 Å². The Bertz CT molecular complexity index is 681. The second-order valence-electron chi connectivity index (χ2n) is 6.83. The zero-order valence-electron chi connectivity index (χ0n) is 12.6. The summed E-state index contributed by atoms with van der Waals surface area (Å²) in [6.45, 7) is 0. The van der Waals surface area contributed by atoms with Crippen molar-refractivity contribution in [1.82, 2.24) is 10.2 Å². The highest BCUT2D eigenvalue weighted by Crippen LogP contribution is 2.42. The monoisotopic (exact) mass is 298 g/mol. The van der Waals surface area contributed by atoms with Crippen LogP contribution in [-0.2, 0) is 4.79 Å². The van der Waals surface area contributed by atoms with Gasteiger partial charge in [0.05, 0.1) is 17.4 Å². The number of aromatic nitrogens is 2. The van der Waals surface area contributed by atoms with Gasteiger partial charge in [0, 0.05) is 17.3 Å². The summed E-state index contributed by atoms with van der Waals surface area (Å²) < 4.78 is 0. The van der Waals surface area contributed by atoms with Crippen molar-refractivity contribution >= 4 is 22.5 Å². The standard InChI is InChI=1S/C17H22N4O/c18-15-10-3-1-4-11(15)8-13(7-10)17(22)20-14-6-2-5-12-9-19-21-16(12)14/h2,5-6,9-11,13,15H,1,3-4,7-8,18H2,(H,19,21)(H,20,22). The first kappa shape index (κ1) is 13.8. The molecule has 2 saturated carbocycles. The van der Waals surface area contributed by atoms with Gasteiger partial charge in [-0.3, -0.25) is 9.89 Å². The number of aromatic amines is 1. The third-order valence-electron chi connectivity index (χ3n) is 5.52. The topological polar surface area (TPSA) is 83.8 Å². The molecule has 5 nitrogen and oxygen atoms in total. The molecule has 2 atom stereocenters. The van der Waals surface area contributed by atoms with Gasteiger partial charge in [0.25, 0.3) is 0 Å². The Morgan fingerprint density at radius 2 is 2.05 bits per heavy atom. The Hall–Kier alpha value is -1.88. The number of hydrogen-bond donors (Lipinski definition) is 3. The number of rotatable bonds is 2. The summed E-state index contributed by atoms with van der Waals surface area (Å²) in [5.74, 6) is 1.26. The Balaban J connectivity index is 1.52. The second-order valence-corrected chi connectivity index (χ2v) is 6.83. The van der Waals surface area contributed by atoms with Crippen molar-refractivity contribution in [2.75, 3.05) is 5.32 Å². The van der Waals surface area contributed by atoms with E-state index in [2.05, 4.69) is 15.5 Å². The van der Waals surface area contributed by atoms with E-state index in [0.717, 1.165) is 29.4 Å². The molecule has 1 heterocycles. The first-order chi connectivity index (χ1) is 10.7. The van der Waals surface area contributed by atoms with Crippen LogP contribution in [0.3, 0.4) is 0 Å². The molecule has 2 fully saturated rings. The van der Waals surface area contributed by atoms with E-state index in [9.17, 15) is 4.79 Å². The molecule has 2 aromatic rings. The van der Waals surface area contributed by atoms with Crippen LogP contribution in [0.15, 0.2) is 24.4 Å². The van der Waals surface area contributed by atoms with Gasteiger partial charge in [-0.05, 0) is 43.6 Å². The number of para-hydroxylation sites is 1. The third-order valence-corrected chi connectivity index (χ3v) is 5.52. The summed E-state index contributed by atoms with van der Waals surface area (Å²) in [7, 11) is 0. The molecule has 2 aliphatic carbocycles. The van der Waals surface area contributed by atoms with E-state index < -0.39 is 0 Å². The van der Waals surface area contributed by atoms with Crippen molar-refractivity contribution in [3.63, 3.8) is 0 Å². The van der Waals surface area contributed by atoms with E-state index in [1.54, 1.807) is 6.20 Å². The molecule has 0 saturated heterocycles. The molecule has 1 aromatic heterocycles. The highest BCUT2D eigenvalue weighted by Gasteiger charge is 2.40. The van der Waals surface area contributed by atoms with Gasteiger partial charge in [-0.15, -0.1) is 0 Å². The largest absolute Gasteiger partial charge is 0.327 e. The molecular formula is C17H22N4O. The van der Waals surface area contributed by atoms with Gasteiger partial charge in [0.2, 0.25) is 5.91 Å². The number of hydrogen-bond acceptors (Lipinski definition) is 3. The van der Waals surface area contributed by atoms with Crippen molar-refractivity contribution in [1.29, 1.82) is 0 Å². The smallest absolute Gasteiger partial charge is 0.227 e. The van der Waals surface area contributed by atoms with Gasteiger partial charge in [-0.25, -0.2) is 0 Å². The van der Waals surface area contributed by atoms with Crippen LogP contribution < -0.4 is 11.1 Å². The highest BCUT2D eigenvalue weighted by molar-refractivity contribution is 6.01. The van der Waals surface area contributed by atoms with Crippen LogP contribution in [0.25, 0.3) is 10.9 Å². The fourth-order valence-electron chi connectivity index (χ4n) is 4.31. The van der Waals surface area contributed by atoms with Gasteiger partial charge in [0.15, 0.2) is 0 Å². The quantitative estimate of drug-likeness (QED) is 0.797. The number of nitrogens with zero attached hydrogens (tertiary/aromatic N) is 1. The molecule has 2 bridgehead atoms. The van der Waals surface area contributed by atoms with Gasteiger partial charge >= 0.3 is 0 Å². The molecule has 22 heavy (non-hydrogen) atoms. The summed E-state index contributed by atoms with van der Waals surface area (Å²) in [6.07, 6.45) is 7.26.